The van der Waals surface area contributed by atoms with Crippen molar-refractivity contribution in [3.8, 4) is 0 Å². The smallest absolute Gasteiger partial charge is 0.240 e. The van der Waals surface area contributed by atoms with Crippen LogP contribution in [0.1, 0.15) is 38.2 Å². The molecule has 2 N–H and O–H groups in total. The van der Waals surface area contributed by atoms with E-state index < -0.39 is 10.0 Å². The molecule has 5 heteroatoms. The van der Waals surface area contributed by atoms with Gasteiger partial charge in [0.15, 0.2) is 0 Å². The number of unbranched alkanes of at least 4 members (excludes halogenated alkanes) is 2. The van der Waals surface area contributed by atoms with Crippen LogP contribution in [0.2, 0.25) is 0 Å². The monoisotopic (exact) mass is 360 g/mol. The number of para-hydroxylation sites is 1. The van der Waals surface area contributed by atoms with Crippen LogP contribution in [0.15, 0.2) is 59.5 Å². The molecule has 2 rings (SSSR count). The number of hydrogen-bond acceptors (Lipinski definition) is 3. The summed E-state index contributed by atoms with van der Waals surface area (Å²) in [4.78, 5) is 0.310. The molecule has 0 saturated heterocycles. The summed E-state index contributed by atoms with van der Waals surface area (Å²) in [5, 5.41) is 3.44. The van der Waals surface area contributed by atoms with Crippen molar-refractivity contribution in [1.82, 2.24) is 4.72 Å². The summed E-state index contributed by atoms with van der Waals surface area (Å²) >= 11 is 0. The summed E-state index contributed by atoms with van der Waals surface area (Å²) < 4.78 is 27.7. The largest absolute Gasteiger partial charge is 0.381 e. The van der Waals surface area contributed by atoms with Crippen molar-refractivity contribution in [2.45, 2.75) is 50.5 Å². The molecule has 0 aliphatic rings. The second kappa shape index (κ2) is 9.59. The summed E-state index contributed by atoms with van der Waals surface area (Å²) in [6.07, 6.45) is 4.30. The van der Waals surface area contributed by atoms with Gasteiger partial charge in [0.05, 0.1) is 4.90 Å². The second-order valence-corrected chi connectivity index (χ2v) is 8.13. The molecule has 0 saturated carbocycles. The Morgan fingerprint density at radius 3 is 2.28 bits per heavy atom. The van der Waals surface area contributed by atoms with Crippen LogP contribution in [-0.4, -0.2) is 21.0 Å². The van der Waals surface area contributed by atoms with Gasteiger partial charge in [-0.05, 0) is 37.6 Å². The molecule has 1 atom stereocenters. The molecule has 0 amide bonds. The lowest BCUT2D eigenvalue weighted by Crippen LogP contribution is -2.36. The van der Waals surface area contributed by atoms with Gasteiger partial charge in [0.1, 0.15) is 0 Å². The number of benzene rings is 2. The second-order valence-electron chi connectivity index (χ2n) is 6.37. The van der Waals surface area contributed by atoms with Gasteiger partial charge in [-0.1, -0.05) is 62.1 Å². The molecule has 2 aromatic carbocycles. The SMILES string of the molecule is CCCCCC(CNS(=O)(=O)c1ccc(C)cc1)Nc1ccccc1. The van der Waals surface area contributed by atoms with Gasteiger partial charge in [0.25, 0.3) is 0 Å². The van der Waals surface area contributed by atoms with Gasteiger partial charge >= 0.3 is 0 Å². The molecular formula is C20H28N2O2S. The van der Waals surface area contributed by atoms with Crippen LogP contribution in [0, 0.1) is 6.92 Å². The fourth-order valence-electron chi connectivity index (χ4n) is 2.65. The highest BCUT2D eigenvalue weighted by atomic mass is 32.2. The first-order valence-electron chi connectivity index (χ1n) is 8.89. The molecule has 0 aliphatic heterocycles. The van der Waals surface area contributed by atoms with E-state index in [-0.39, 0.29) is 6.04 Å². The van der Waals surface area contributed by atoms with E-state index in [0.717, 1.165) is 36.9 Å². The highest BCUT2D eigenvalue weighted by Gasteiger charge is 2.16. The maximum absolute atomic E-state index is 12.5. The summed E-state index contributed by atoms with van der Waals surface area (Å²) in [5.74, 6) is 0. The Morgan fingerprint density at radius 2 is 1.64 bits per heavy atom. The first-order chi connectivity index (χ1) is 12.0. The topological polar surface area (TPSA) is 58.2 Å². The molecule has 0 bridgehead atoms. The first-order valence-corrected chi connectivity index (χ1v) is 10.4. The van der Waals surface area contributed by atoms with Crippen LogP contribution in [0.5, 0.6) is 0 Å². The Morgan fingerprint density at radius 1 is 0.960 bits per heavy atom. The van der Waals surface area contributed by atoms with Gasteiger partial charge in [0, 0.05) is 18.3 Å². The van der Waals surface area contributed by atoms with Gasteiger partial charge in [-0.15, -0.1) is 0 Å². The van der Waals surface area contributed by atoms with E-state index in [9.17, 15) is 8.42 Å². The zero-order chi connectivity index (χ0) is 18.1. The lowest BCUT2D eigenvalue weighted by Gasteiger charge is -2.20. The van der Waals surface area contributed by atoms with Gasteiger partial charge < -0.3 is 5.32 Å². The van der Waals surface area contributed by atoms with Crippen molar-refractivity contribution < 1.29 is 8.42 Å². The van der Waals surface area contributed by atoms with Crippen LogP contribution >= 0.6 is 0 Å². The first kappa shape index (κ1) is 19.5. The van der Waals surface area contributed by atoms with Crippen LogP contribution in [0.25, 0.3) is 0 Å². The number of nitrogens with one attached hydrogen (secondary N) is 2. The van der Waals surface area contributed by atoms with E-state index in [4.69, 9.17) is 0 Å². The van der Waals surface area contributed by atoms with Crippen molar-refractivity contribution in [3.63, 3.8) is 0 Å². The lowest BCUT2D eigenvalue weighted by atomic mass is 10.1. The van der Waals surface area contributed by atoms with Crippen molar-refractivity contribution in [1.29, 1.82) is 0 Å². The summed E-state index contributed by atoms with van der Waals surface area (Å²) in [5.41, 5.74) is 2.06. The number of anilines is 1. The molecule has 4 nitrogen and oxygen atoms in total. The van der Waals surface area contributed by atoms with Crippen LogP contribution in [-0.2, 0) is 10.0 Å². The van der Waals surface area contributed by atoms with Crippen molar-refractivity contribution in [2.75, 3.05) is 11.9 Å². The van der Waals surface area contributed by atoms with Crippen molar-refractivity contribution in [2.24, 2.45) is 0 Å². The highest BCUT2D eigenvalue weighted by molar-refractivity contribution is 7.89. The quantitative estimate of drug-likeness (QED) is 0.620. The third-order valence-corrected chi connectivity index (χ3v) is 5.59. The van der Waals surface area contributed by atoms with E-state index in [0.29, 0.717) is 11.4 Å². The van der Waals surface area contributed by atoms with Crippen molar-refractivity contribution >= 4 is 15.7 Å². The maximum Gasteiger partial charge on any atom is 0.240 e. The highest BCUT2D eigenvalue weighted by Crippen LogP contribution is 2.14. The molecule has 0 fully saturated rings. The van der Waals surface area contributed by atoms with Crippen LogP contribution in [0.4, 0.5) is 5.69 Å². The zero-order valence-electron chi connectivity index (χ0n) is 15.0. The Kier molecular flexibility index (Phi) is 7.47. The Hall–Kier alpha value is -1.85. The van der Waals surface area contributed by atoms with E-state index >= 15 is 0 Å². The van der Waals surface area contributed by atoms with E-state index in [1.54, 1.807) is 12.1 Å². The van der Waals surface area contributed by atoms with E-state index in [1.807, 2.05) is 49.4 Å². The molecule has 0 spiro atoms. The number of hydrogen-bond donors (Lipinski definition) is 2. The average Bonchev–Trinajstić information content (AvgIpc) is 2.61. The number of aryl methyl sites for hydroxylation is 1. The van der Waals surface area contributed by atoms with Crippen LogP contribution in [0.3, 0.4) is 0 Å². The molecule has 2 aromatic rings. The van der Waals surface area contributed by atoms with Gasteiger partial charge in [-0.25, -0.2) is 13.1 Å². The number of sulfonamides is 1. The average molecular weight is 361 g/mol. The Labute approximate surface area is 151 Å². The Balaban J connectivity index is 2.01. The zero-order valence-corrected chi connectivity index (χ0v) is 15.9. The number of rotatable bonds is 10. The molecule has 1 unspecified atom stereocenters. The minimum atomic E-state index is -3.48. The fraction of sp³-hybridized carbons (Fsp3) is 0.400. The van der Waals surface area contributed by atoms with E-state index in [2.05, 4.69) is 17.0 Å². The predicted molar refractivity (Wildman–Crippen MR) is 104 cm³/mol. The standard InChI is InChI=1S/C20H28N2O2S/c1-3-4-6-11-19(22-18-9-7-5-8-10-18)16-21-25(23,24)20-14-12-17(2)13-15-20/h5,7-10,12-15,19,21-22H,3-4,6,11,16H2,1-2H3. The van der Waals surface area contributed by atoms with E-state index in [1.165, 1.54) is 0 Å². The summed E-state index contributed by atoms with van der Waals surface area (Å²) in [6, 6.07) is 16.9. The minimum Gasteiger partial charge on any atom is -0.381 e. The summed E-state index contributed by atoms with van der Waals surface area (Å²) in [6.45, 7) is 4.48. The maximum atomic E-state index is 12.5. The third-order valence-electron chi connectivity index (χ3n) is 4.15. The molecule has 0 aromatic heterocycles. The normalized spacial score (nSPS) is 12.7. The predicted octanol–water partition coefficient (Wildman–Crippen LogP) is 4.33. The molecular weight excluding hydrogens is 332 g/mol. The lowest BCUT2D eigenvalue weighted by molar-refractivity contribution is 0.551. The Bertz CT molecular complexity index is 728. The van der Waals surface area contributed by atoms with Crippen molar-refractivity contribution in [3.05, 3.63) is 60.2 Å². The van der Waals surface area contributed by atoms with Gasteiger partial charge in [-0.3, -0.25) is 0 Å². The van der Waals surface area contributed by atoms with Crippen LogP contribution < -0.4 is 10.0 Å². The van der Waals surface area contributed by atoms with Gasteiger partial charge in [-0.2, -0.15) is 0 Å². The third kappa shape index (κ3) is 6.52. The molecule has 136 valence electrons. The fourth-order valence-corrected chi connectivity index (χ4v) is 3.73. The summed E-state index contributed by atoms with van der Waals surface area (Å²) in [7, 11) is -3.48. The molecule has 0 heterocycles. The molecule has 0 aliphatic carbocycles. The molecule has 0 radical (unpaired) electrons. The molecule has 25 heavy (non-hydrogen) atoms. The minimum absolute atomic E-state index is 0.0640. The van der Waals surface area contributed by atoms with Gasteiger partial charge in [0.2, 0.25) is 10.0 Å².